The molecule has 0 bridgehead atoms. The van der Waals surface area contributed by atoms with Crippen LogP contribution >= 0.6 is 15.9 Å². The summed E-state index contributed by atoms with van der Waals surface area (Å²) in [5.41, 5.74) is 5.67. The Balaban J connectivity index is 1.64. The fourth-order valence-electron chi connectivity index (χ4n) is 2.94. The van der Waals surface area contributed by atoms with E-state index in [0.717, 1.165) is 44.7 Å². The van der Waals surface area contributed by atoms with Gasteiger partial charge in [-0.05, 0) is 35.9 Å². The van der Waals surface area contributed by atoms with Crippen LogP contribution in [0.3, 0.4) is 0 Å². The van der Waals surface area contributed by atoms with Gasteiger partial charge in [-0.2, -0.15) is 0 Å². The van der Waals surface area contributed by atoms with Gasteiger partial charge in [0.1, 0.15) is 0 Å². The third-order valence-corrected chi connectivity index (χ3v) is 4.96. The van der Waals surface area contributed by atoms with Gasteiger partial charge < -0.3 is 10.3 Å². The number of amides is 1. The van der Waals surface area contributed by atoms with E-state index in [4.69, 9.17) is 0 Å². The van der Waals surface area contributed by atoms with Crippen molar-refractivity contribution in [2.45, 2.75) is 6.42 Å². The second kappa shape index (κ2) is 6.69. The van der Waals surface area contributed by atoms with Crippen molar-refractivity contribution in [2.75, 3.05) is 6.54 Å². The minimum atomic E-state index is -0.00754. The molecule has 25 heavy (non-hydrogen) atoms. The Morgan fingerprint density at radius 3 is 2.84 bits per heavy atom. The molecule has 4 nitrogen and oxygen atoms in total. The first-order chi connectivity index (χ1) is 12.2. The monoisotopic (exact) mass is 393 g/mol. The molecule has 1 aromatic carbocycles. The number of nitrogens with one attached hydrogen (secondary N) is 2. The molecule has 0 unspecified atom stereocenters. The van der Waals surface area contributed by atoms with Crippen molar-refractivity contribution in [3.05, 3.63) is 75.6 Å². The fourth-order valence-corrected chi connectivity index (χ4v) is 3.36. The molecule has 0 saturated carbocycles. The first kappa shape index (κ1) is 15.8. The van der Waals surface area contributed by atoms with Crippen molar-refractivity contribution in [3.8, 4) is 11.3 Å². The first-order valence-corrected chi connectivity index (χ1v) is 8.89. The van der Waals surface area contributed by atoms with Gasteiger partial charge in [0.25, 0.3) is 5.91 Å². The van der Waals surface area contributed by atoms with Crippen molar-refractivity contribution in [2.24, 2.45) is 0 Å². The number of carbonyl (C=O) groups excluding carboxylic acids is 1. The van der Waals surface area contributed by atoms with Crippen LogP contribution in [0, 0.1) is 0 Å². The maximum atomic E-state index is 11.9. The Hall–Kier alpha value is -2.66. The quantitative estimate of drug-likeness (QED) is 0.696. The Morgan fingerprint density at radius 1 is 1.12 bits per heavy atom. The van der Waals surface area contributed by atoms with E-state index >= 15 is 0 Å². The summed E-state index contributed by atoms with van der Waals surface area (Å²) >= 11 is 3.54. The minimum absolute atomic E-state index is 0.00754. The molecule has 0 fully saturated rings. The number of aromatic nitrogens is 2. The predicted octanol–water partition coefficient (Wildman–Crippen LogP) is 4.30. The predicted molar refractivity (Wildman–Crippen MR) is 103 cm³/mol. The number of carbonyl (C=O) groups is 1. The van der Waals surface area contributed by atoms with Crippen LogP contribution in [-0.2, 0) is 6.42 Å². The van der Waals surface area contributed by atoms with Crippen molar-refractivity contribution in [1.82, 2.24) is 15.3 Å². The summed E-state index contributed by atoms with van der Waals surface area (Å²) in [7, 11) is 0. The van der Waals surface area contributed by atoms with E-state index in [9.17, 15) is 4.79 Å². The topological polar surface area (TPSA) is 57.8 Å². The minimum Gasteiger partial charge on any atom is -0.358 e. The fraction of sp³-hybridized carbons (Fsp3) is 0.100. The number of pyridine rings is 1. The summed E-state index contributed by atoms with van der Waals surface area (Å²) in [6, 6.07) is 13.9. The van der Waals surface area contributed by atoms with Crippen molar-refractivity contribution >= 4 is 34.0 Å². The molecule has 0 spiro atoms. The molecule has 0 atom stereocenters. The van der Waals surface area contributed by atoms with E-state index in [0.29, 0.717) is 6.54 Å². The van der Waals surface area contributed by atoms with Gasteiger partial charge in [-0.15, -0.1) is 0 Å². The van der Waals surface area contributed by atoms with Gasteiger partial charge in [-0.1, -0.05) is 40.2 Å². The highest BCUT2D eigenvalue weighted by molar-refractivity contribution is 9.10. The lowest BCUT2D eigenvalue weighted by molar-refractivity contribution is 0.0946. The lowest BCUT2D eigenvalue weighted by atomic mass is 10.1. The van der Waals surface area contributed by atoms with Crippen molar-refractivity contribution in [1.29, 1.82) is 0 Å². The van der Waals surface area contributed by atoms with Gasteiger partial charge in [0.05, 0.1) is 11.3 Å². The highest BCUT2D eigenvalue weighted by Crippen LogP contribution is 2.25. The second-order valence-electron chi connectivity index (χ2n) is 5.91. The van der Waals surface area contributed by atoms with E-state index in [2.05, 4.69) is 31.2 Å². The van der Waals surface area contributed by atoms with Gasteiger partial charge in [-0.3, -0.25) is 9.78 Å². The second-order valence-corrected chi connectivity index (χ2v) is 6.76. The molecule has 3 aromatic rings. The summed E-state index contributed by atoms with van der Waals surface area (Å²) in [6.45, 7) is 0.683. The molecule has 2 aromatic heterocycles. The number of hydrogen-bond donors (Lipinski definition) is 2. The maximum Gasteiger partial charge on any atom is 0.253 e. The molecule has 1 aliphatic heterocycles. The van der Waals surface area contributed by atoms with Crippen LogP contribution in [0.2, 0.25) is 0 Å². The summed E-state index contributed by atoms with van der Waals surface area (Å²) in [4.78, 5) is 19.7. The molecule has 1 amide bonds. The van der Waals surface area contributed by atoms with Crippen LogP contribution in [0.5, 0.6) is 0 Å². The van der Waals surface area contributed by atoms with Crippen LogP contribution in [0.25, 0.3) is 23.4 Å². The number of benzene rings is 1. The molecular formula is C20H16BrN3O. The Labute approximate surface area is 154 Å². The molecule has 3 heterocycles. The summed E-state index contributed by atoms with van der Waals surface area (Å²) in [6.07, 6.45) is 6.64. The van der Waals surface area contributed by atoms with Gasteiger partial charge in [-0.25, -0.2) is 0 Å². The number of H-pyrrole nitrogens is 1. The Kier molecular flexibility index (Phi) is 4.24. The maximum absolute atomic E-state index is 11.9. The van der Waals surface area contributed by atoms with Gasteiger partial charge in [0.2, 0.25) is 0 Å². The molecule has 0 saturated heterocycles. The molecule has 0 aliphatic carbocycles. The summed E-state index contributed by atoms with van der Waals surface area (Å²) < 4.78 is 1.05. The molecule has 2 N–H and O–H groups in total. The average molecular weight is 394 g/mol. The van der Waals surface area contributed by atoms with E-state index in [1.807, 2.05) is 54.6 Å². The SMILES string of the molecule is O=C1NCCc2[nH]c(-c3ccnc(C=Cc4ccccc4Br)c3)cc21. The van der Waals surface area contributed by atoms with Gasteiger partial charge in [0.15, 0.2) is 0 Å². The zero-order valence-corrected chi connectivity index (χ0v) is 15.0. The molecule has 4 rings (SSSR count). The van der Waals surface area contributed by atoms with Crippen LogP contribution in [-0.4, -0.2) is 22.4 Å². The van der Waals surface area contributed by atoms with Crippen molar-refractivity contribution in [3.63, 3.8) is 0 Å². The third kappa shape index (κ3) is 3.28. The van der Waals surface area contributed by atoms with Crippen LogP contribution in [0.4, 0.5) is 0 Å². The number of halogens is 1. The Morgan fingerprint density at radius 2 is 2.00 bits per heavy atom. The lowest BCUT2D eigenvalue weighted by Crippen LogP contribution is -2.31. The highest BCUT2D eigenvalue weighted by Gasteiger charge is 2.19. The summed E-state index contributed by atoms with van der Waals surface area (Å²) in [5, 5.41) is 2.87. The van der Waals surface area contributed by atoms with E-state index in [1.165, 1.54) is 0 Å². The number of hydrogen-bond acceptors (Lipinski definition) is 2. The zero-order chi connectivity index (χ0) is 17.2. The number of rotatable bonds is 3. The van der Waals surface area contributed by atoms with E-state index in [-0.39, 0.29) is 5.91 Å². The normalized spacial score (nSPS) is 13.7. The zero-order valence-electron chi connectivity index (χ0n) is 13.4. The average Bonchev–Trinajstić information content (AvgIpc) is 3.07. The van der Waals surface area contributed by atoms with Crippen LogP contribution in [0.1, 0.15) is 27.3 Å². The Bertz CT molecular complexity index is 975. The van der Waals surface area contributed by atoms with Crippen molar-refractivity contribution < 1.29 is 4.79 Å². The number of fused-ring (bicyclic) bond motifs is 1. The lowest BCUT2D eigenvalue weighted by Gasteiger charge is -2.10. The first-order valence-electron chi connectivity index (χ1n) is 8.10. The smallest absolute Gasteiger partial charge is 0.253 e. The summed E-state index contributed by atoms with van der Waals surface area (Å²) in [5.74, 6) is -0.00754. The van der Waals surface area contributed by atoms with Gasteiger partial charge >= 0.3 is 0 Å². The molecule has 1 aliphatic rings. The number of aromatic amines is 1. The third-order valence-electron chi connectivity index (χ3n) is 4.24. The molecule has 5 heteroatoms. The highest BCUT2D eigenvalue weighted by atomic mass is 79.9. The largest absolute Gasteiger partial charge is 0.358 e. The molecular weight excluding hydrogens is 378 g/mol. The molecule has 124 valence electrons. The van der Waals surface area contributed by atoms with Crippen LogP contribution < -0.4 is 5.32 Å². The van der Waals surface area contributed by atoms with E-state index in [1.54, 1.807) is 6.20 Å². The molecule has 0 radical (unpaired) electrons. The number of nitrogens with zero attached hydrogens (tertiary/aromatic N) is 1. The van der Waals surface area contributed by atoms with Crippen LogP contribution in [0.15, 0.2) is 53.1 Å². The van der Waals surface area contributed by atoms with Gasteiger partial charge in [0, 0.05) is 40.6 Å². The van der Waals surface area contributed by atoms with E-state index < -0.39 is 0 Å². The standard InChI is InChI=1S/C20H16BrN3O/c21-17-4-2-1-3-13(17)5-6-15-11-14(7-9-22-15)19-12-16-18(24-19)8-10-23-20(16)25/h1-7,9,11-12,24H,8,10H2,(H,23,25).